The summed E-state index contributed by atoms with van der Waals surface area (Å²) < 4.78 is 0.352. The minimum absolute atomic E-state index is 0.278. The first kappa shape index (κ1) is 15.2. The molecule has 0 radical (unpaired) electrons. The Labute approximate surface area is 135 Å². The van der Waals surface area contributed by atoms with Crippen molar-refractivity contribution in [2.24, 2.45) is 0 Å². The number of aromatic nitrogens is 3. The van der Waals surface area contributed by atoms with Gasteiger partial charge in [0.15, 0.2) is 0 Å². The van der Waals surface area contributed by atoms with Crippen LogP contribution < -0.4 is 10.2 Å². The Hall–Kier alpha value is -0.750. The molecule has 2 fully saturated rings. The lowest BCUT2D eigenvalue weighted by Gasteiger charge is -2.40. The first-order valence-electron chi connectivity index (χ1n) is 7.66. The van der Waals surface area contributed by atoms with E-state index in [-0.39, 0.29) is 5.28 Å². The number of rotatable bonds is 5. The molecule has 1 saturated heterocycles. The molecule has 1 saturated carbocycles. The number of hydrogen-bond acceptors (Lipinski definition) is 6. The molecule has 1 aliphatic heterocycles. The molecule has 1 N–H and O–H groups in total. The molecule has 0 aromatic carbocycles. The number of nitrogens with zero attached hydrogens (tertiary/aromatic N) is 4. The highest BCUT2D eigenvalue weighted by molar-refractivity contribution is 8.00. The van der Waals surface area contributed by atoms with Gasteiger partial charge in [-0.05, 0) is 50.0 Å². The Morgan fingerprint density at radius 1 is 1.14 bits per heavy atom. The average molecular weight is 328 g/mol. The number of nitrogens with one attached hydrogen (secondary N) is 1. The van der Waals surface area contributed by atoms with Crippen molar-refractivity contribution in [3.05, 3.63) is 5.28 Å². The molecule has 1 aromatic rings. The lowest BCUT2D eigenvalue weighted by molar-refractivity contribution is 0.379. The van der Waals surface area contributed by atoms with Gasteiger partial charge < -0.3 is 10.2 Å². The van der Waals surface area contributed by atoms with Gasteiger partial charge in [-0.1, -0.05) is 6.42 Å². The molecule has 7 heteroatoms. The molecular formula is C14H22ClN5S. The Kier molecular flexibility index (Phi) is 4.74. The molecule has 116 valence electrons. The van der Waals surface area contributed by atoms with E-state index in [0.29, 0.717) is 16.6 Å². The first-order chi connectivity index (χ1) is 10.2. The van der Waals surface area contributed by atoms with Gasteiger partial charge in [-0.3, -0.25) is 0 Å². The molecule has 1 aliphatic carbocycles. The topological polar surface area (TPSA) is 53.9 Å². The third-order valence-corrected chi connectivity index (χ3v) is 6.09. The van der Waals surface area contributed by atoms with Gasteiger partial charge in [-0.15, -0.1) is 0 Å². The molecule has 0 amide bonds. The van der Waals surface area contributed by atoms with E-state index in [0.717, 1.165) is 19.6 Å². The Bertz CT molecular complexity index is 483. The Morgan fingerprint density at radius 2 is 1.90 bits per heavy atom. The number of halogens is 1. The summed E-state index contributed by atoms with van der Waals surface area (Å²) in [6, 6.07) is 0. The highest BCUT2D eigenvalue weighted by atomic mass is 35.5. The van der Waals surface area contributed by atoms with Crippen molar-refractivity contribution in [1.82, 2.24) is 15.0 Å². The van der Waals surface area contributed by atoms with Crippen LogP contribution in [0.15, 0.2) is 0 Å². The fourth-order valence-corrected chi connectivity index (χ4v) is 3.99. The molecule has 0 atom stereocenters. The monoisotopic (exact) mass is 327 g/mol. The van der Waals surface area contributed by atoms with Gasteiger partial charge in [-0.25, -0.2) is 0 Å². The minimum atomic E-state index is 0.278. The summed E-state index contributed by atoms with van der Waals surface area (Å²) in [5, 5.41) is 3.64. The Balaban J connectivity index is 1.68. The van der Waals surface area contributed by atoms with Gasteiger partial charge in [0, 0.05) is 24.4 Å². The minimum Gasteiger partial charge on any atom is -0.353 e. The second-order valence-electron chi connectivity index (χ2n) is 5.87. The van der Waals surface area contributed by atoms with E-state index >= 15 is 0 Å². The maximum absolute atomic E-state index is 6.07. The quantitative estimate of drug-likeness (QED) is 0.896. The van der Waals surface area contributed by atoms with Crippen molar-refractivity contribution in [2.45, 2.75) is 43.3 Å². The molecule has 2 heterocycles. The summed E-state index contributed by atoms with van der Waals surface area (Å²) in [5.74, 6) is 1.32. The number of hydrogen-bond donors (Lipinski definition) is 1. The van der Waals surface area contributed by atoms with Crippen LogP contribution in [0.4, 0.5) is 11.9 Å². The summed E-state index contributed by atoms with van der Waals surface area (Å²) in [6.07, 6.45) is 9.71. The zero-order chi connectivity index (χ0) is 14.7. The molecule has 5 nitrogen and oxygen atoms in total. The standard InChI is InChI=1S/C14H22ClN5S/c1-21-14(6-5-7-14)10-16-12-17-11(15)18-13(19-12)20-8-3-2-4-9-20/h2-10H2,1H3,(H,16,17,18,19). The second-order valence-corrected chi connectivity index (χ2v) is 7.48. The van der Waals surface area contributed by atoms with Gasteiger partial charge in [0.2, 0.25) is 17.2 Å². The maximum Gasteiger partial charge on any atom is 0.231 e. The van der Waals surface area contributed by atoms with Crippen LogP contribution in [-0.4, -0.2) is 45.6 Å². The highest BCUT2D eigenvalue weighted by Gasteiger charge is 2.36. The van der Waals surface area contributed by atoms with Gasteiger partial charge in [0.25, 0.3) is 0 Å². The van der Waals surface area contributed by atoms with Crippen molar-refractivity contribution in [2.75, 3.05) is 36.1 Å². The number of thioether (sulfide) groups is 1. The van der Waals surface area contributed by atoms with Crippen molar-refractivity contribution in [3.63, 3.8) is 0 Å². The Morgan fingerprint density at radius 3 is 2.52 bits per heavy atom. The molecule has 2 aliphatic rings. The summed E-state index contributed by atoms with van der Waals surface area (Å²) in [4.78, 5) is 15.3. The van der Waals surface area contributed by atoms with Crippen molar-refractivity contribution in [3.8, 4) is 0 Å². The molecule has 0 spiro atoms. The van der Waals surface area contributed by atoms with Gasteiger partial charge in [-0.2, -0.15) is 26.7 Å². The fourth-order valence-electron chi connectivity index (χ4n) is 2.92. The molecule has 0 bridgehead atoms. The zero-order valence-corrected chi connectivity index (χ0v) is 14.0. The van der Waals surface area contributed by atoms with E-state index in [9.17, 15) is 0 Å². The van der Waals surface area contributed by atoms with E-state index in [1.165, 1.54) is 38.5 Å². The van der Waals surface area contributed by atoms with E-state index < -0.39 is 0 Å². The summed E-state index contributed by atoms with van der Waals surface area (Å²) in [7, 11) is 0. The summed E-state index contributed by atoms with van der Waals surface area (Å²) in [5.41, 5.74) is 0. The molecule has 21 heavy (non-hydrogen) atoms. The lowest BCUT2D eigenvalue weighted by atomic mass is 9.84. The van der Waals surface area contributed by atoms with Crippen LogP contribution in [0.1, 0.15) is 38.5 Å². The molecule has 1 aromatic heterocycles. The lowest BCUT2D eigenvalue weighted by Crippen LogP contribution is -2.40. The van der Waals surface area contributed by atoms with Gasteiger partial charge in [0.05, 0.1) is 0 Å². The van der Waals surface area contributed by atoms with Crippen LogP contribution in [0.25, 0.3) is 0 Å². The van der Waals surface area contributed by atoms with Crippen LogP contribution in [0.3, 0.4) is 0 Å². The normalized spacial score (nSPS) is 21.0. The van der Waals surface area contributed by atoms with Crippen LogP contribution in [0.2, 0.25) is 5.28 Å². The van der Waals surface area contributed by atoms with Crippen molar-refractivity contribution in [1.29, 1.82) is 0 Å². The average Bonchev–Trinajstić information content (AvgIpc) is 2.47. The maximum atomic E-state index is 6.07. The van der Waals surface area contributed by atoms with Crippen molar-refractivity contribution < 1.29 is 0 Å². The van der Waals surface area contributed by atoms with Crippen LogP contribution in [0, 0.1) is 0 Å². The smallest absolute Gasteiger partial charge is 0.231 e. The van der Waals surface area contributed by atoms with E-state index in [1.807, 2.05) is 11.8 Å². The van der Waals surface area contributed by atoms with Gasteiger partial charge >= 0.3 is 0 Å². The molecule has 3 rings (SSSR count). The third kappa shape index (κ3) is 3.54. The largest absolute Gasteiger partial charge is 0.353 e. The SMILES string of the molecule is CSC1(CNc2nc(Cl)nc(N3CCCCC3)n2)CCC1. The fraction of sp³-hybridized carbons (Fsp3) is 0.786. The third-order valence-electron chi connectivity index (χ3n) is 4.50. The summed E-state index contributed by atoms with van der Waals surface area (Å²) >= 11 is 8.00. The summed E-state index contributed by atoms with van der Waals surface area (Å²) in [6.45, 7) is 2.91. The predicted molar refractivity (Wildman–Crippen MR) is 89.5 cm³/mol. The molecule has 0 unspecified atom stereocenters. The van der Waals surface area contributed by atoms with Crippen molar-refractivity contribution >= 4 is 35.3 Å². The zero-order valence-electron chi connectivity index (χ0n) is 12.4. The molecular weight excluding hydrogens is 306 g/mol. The first-order valence-corrected chi connectivity index (χ1v) is 9.27. The predicted octanol–water partition coefficient (Wildman–Crippen LogP) is 3.21. The van der Waals surface area contributed by atoms with Gasteiger partial charge in [0.1, 0.15) is 0 Å². The van der Waals surface area contributed by atoms with Crippen LogP contribution in [0.5, 0.6) is 0 Å². The van der Waals surface area contributed by atoms with E-state index in [4.69, 9.17) is 11.6 Å². The number of anilines is 2. The number of piperidine rings is 1. The second kappa shape index (κ2) is 6.57. The van der Waals surface area contributed by atoms with E-state index in [2.05, 4.69) is 31.4 Å². The van der Waals surface area contributed by atoms with E-state index in [1.54, 1.807) is 0 Å². The highest BCUT2D eigenvalue weighted by Crippen LogP contribution is 2.42. The van der Waals surface area contributed by atoms with Crippen LogP contribution in [-0.2, 0) is 0 Å². The van der Waals surface area contributed by atoms with Crippen LogP contribution >= 0.6 is 23.4 Å².